The molecule has 2 rings (SSSR count). The van der Waals surface area contributed by atoms with E-state index in [1.807, 2.05) is 0 Å². The second kappa shape index (κ2) is 5.41. The Hall–Kier alpha value is -1.22. The van der Waals surface area contributed by atoms with Gasteiger partial charge < -0.3 is 10.5 Å². The van der Waals surface area contributed by atoms with Crippen molar-refractivity contribution in [3.05, 3.63) is 28.8 Å². The number of nitrogens with one attached hydrogen (secondary N) is 1. The van der Waals surface area contributed by atoms with E-state index in [0.29, 0.717) is 28.9 Å². The van der Waals surface area contributed by atoms with Crippen LogP contribution in [0, 0.1) is 11.3 Å². The Balaban J connectivity index is 2.06. The van der Waals surface area contributed by atoms with Crippen molar-refractivity contribution in [1.29, 1.82) is 5.41 Å². The molecule has 1 saturated carbocycles. The molecular weight excluding hydrogens is 236 g/mol. The van der Waals surface area contributed by atoms with Gasteiger partial charge in [-0.3, -0.25) is 5.41 Å². The first kappa shape index (κ1) is 12.2. The van der Waals surface area contributed by atoms with E-state index in [9.17, 15) is 0 Å². The molecule has 0 spiro atoms. The molecule has 1 fully saturated rings. The summed E-state index contributed by atoms with van der Waals surface area (Å²) in [6.07, 6.45) is 5.08. The van der Waals surface area contributed by atoms with Gasteiger partial charge in [-0.15, -0.1) is 0 Å². The number of rotatable bonds is 4. The van der Waals surface area contributed by atoms with Crippen LogP contribution in [-0.4, -0.2) is 12.4 Å². The van der Waals surface area contributed by atoms with E-state index in [0.717, 1.165) is 0 Å². The molecule has 0 aromatic heterocycles. The van der Waals surface area contributed by atoms with Crippen molar-refractivity contribution in [1.82, 2.24) is 0 Å². The van der Waals surface area contributed by atoms with Crippen molar-refractivity contribution in [2.24, 2.45) is 11.7 Å². The van der Waals surface area contributed by atoms with Gasteiger partial charge in [0.05, 0.1) is 12.2 Å². The third kappa shape index (κ3) is 3.13. The van der Waals surface area contributed by atoms with Crippen molar-refractivity contribution in [3.63, 3.8) is 0 Å². The van der Waals surface area contributed by atoms with Crippen LogP contribution in [0.2, 0.25) is 5.02 Å². The van der Waals surface area contributed by atoms with Crippen LogP contribution >= 0.6 is 11.6 Å². The summed E-state index contributed by atoms with van der Waals surface area (Å²) in [6, 6.07) is 5.22. The number of halogens is 1. The topological polar surface area (TPSA) is 59.1 Å². The molecule has 92 valence electrons. The van der Waals surface area contributed by atoms with Gasteiger partial charge in [-0.2, -0.15) is 0 Å². The van der Waals surface area contributed by atoms with Crippen LogP contribution in [0.5, 0.6) is 5.75 Å². The quantitative estimate of drug-likeness (QED) is 0.639. The van der Waals surface area contributed by atoms with E-state index in [4.69, 9.17) is 27.5 Å². The smallest absolute Gasteiger partial charge is 0.130 e. The van der Waals surface area contributed by atoms with Crippen molar-refractivity contribution < 1.29 is 4.74 Å². The summed E-state index contributed by atoms with van der Waals surface area (Å²) in [7, 11) is 0. The Labute approximate surface area is 106 Å². The first-order chi connectivity index (χ1) is 8.16. The van der Waals surface area contributed by atoms with Gasteiger partial charge >= 0.3 is 0 Å². The fourth-order valence-corrected chi connectivity index (χ4v) is 2.40. The lowest BCUT2D eigenvalue weighted by Gasteiger charge is -2.14. The highest BCUT2D eigenvalue weighted by molar-refractivity contribution is 6.31. The van der Waals surface area contributed by atoms with Crippen molar-refractivity contribution in [2.45, 2.75) is 25.7 Å². The standard InChI is InChI=1S/C13H17ClN2O/c14-10-5-6-12(11(7-10)13(15)16)17-8-9-3-1-2-4-9/h5-7,9H,1-4,8H2,(H3,15,16). The van der Waals surface area contributed by atoms with Gasteiger partial charge in [-0.05, 0) is 37.0 Å². The number of benzene rings is 1. The van der Waals surface area contributed by atoms with Crippen LogP contribution < -0.4 is 10.5 Å². The minimum atomic E-state index is -0.00563. The predicted molar refractivity (Wildman–Crippen MR) is 69.9 cm³/mol. The van der Waals surface area contributed by atoms with E-state index >= 15 is 0 Å². The van der Waals surface area contributed by atoms with Crippen LogP contribution in [0.15, 0.2) is 18.2 Å². The van der Waals surface area contributed by atoms with Gasteiger partial charge in [0, 0.05) is 5.02 Å². The highest BCUT2D eigenvalue weighted by Gasteiger charge is 2.16. The number of hydrogen-bond acceptors (Lipinski definition) is 2. The Morgan fingerprint density at radius 1 is 1.41 bits per heavy atom. The zero-order chi connectivity index (χ0) is 12.3. The summed E-state index contributed by atoms with van der Waals surface area (Å²) in [6.45, 7) is 0.710. The van der Waals surface area contributed by atoms with Crippen LogP contribution in [0.25, 0.3) is 0 Å². The average molecular weight is 253 g/mol. The van der Waals surface area contributed by atoms with Gasteiger partial charge in [0.1, 0.15) is 11.6 Å². The van der Waals surface area contributed by atoms with Crippen molar-refractivity contribution >= 4 is 17.4 Å². The molecule has 3 N–H and O–H groups in total. The molecule has 0 bridgehead atoms. The fourth-order valence-electron chi connectivity index (χ4n) is 2.22. The maximum atomic E-state index is 7.50. The third-order valence-corrected chi connectivity index (χ3v) is 3.42. The SMILES string of the molecule is N=C(N)c1cc(Cl)ccc1OCC1CCCC1. The van der Waals surface area contributed by atoms with E-state index in [2.05, 4.69) is 0 Å². The highest BCUT2D eigenvalue weighted by atomic mass is 35.5. The average Bonchev–Trinajstić information content (AvgIpc) is 2.80. The van der Waals surface area contributed by atoms with Gasteiger partial charge in [0.2, 0.25) is 0 Å². The van der Waals surface area contributed by atoms with E-state index in [-0.39, 0.29) is 5.84 Å². The molecule has 1 aromatic carbocycles. The molecule has 4 heteroatoms. The van der Waals surface area contributed by atoms with E-state index in [1.165, 1.54) is 25.7 Å². The largest absolute Gasteiger partial charge is 0.493 e. The molecule has 0 aliphatic heterocycles. The van der Waals surface area contributed by atoms with Crippen molar-refractivity contribution in [2.75, 3.05) is 6.61 Å². The van der Waals surface area contributed by atoms with Gasteiger partial charge in [-0.1, -0.05) is 24.4 Å². The van der Waals surface area contributed by atoms with Crippen LogP contribution in [0.4, 0.5) is 0 Å². The lowest BCUT2D eigenvalue weighted by atomic mass is 10.1. The second-order valence-corrected chi connectivity index (χ2v) is 4.95. The maximum Gasteiger partial charge on any atom is 0.130 e. The summed E-state index contributed by atoms with van der Waals surface area (Å²) in [5, 5.41) is 8.07. The first-order valence-corrected chi connectivity index (χ1v) is 6.31. The Morgan fingerprint density at radius 3 is 2.76 bits per heavy atom. The molecule has 3 nitrogen and oxygen atoms in total. The summed E-state index contributed by atoms with van der Waals surface area (Å²) in [5.41, 5.74) is 6.09. The Bertz CT molecular complexity index is 414. The molecule has 0 amide bonds. The summed E-state index contributed by atoms with van der Waals surface area (Å²) < 4.78 is 5.76. The zero-order valence-electron chi connectivity index (χ0n) is 9.71. The van der Waals surface area contributed by atoms with Gasteiger partial charge in [-0.25, -0.2) is 0 Å². The second-order valence-electron chi connectivity index (χ2n) is 4.52. The molecule has 0 unspecified atom stereocenters. The lowest BCUT2D eigenvalue weighted by Crippen LogP contribution is -2.15. The van der Waals surface area contributed by atoms with Crippen LogP contribution in [-0.2, 0) is 0 Å². The molecule has 1 aromatic rings. The molecule has 0 heterocycles. The minimum Gasteiger partial charge on any atom is -0.493 e. The molecule has 0 radical (unpaired) electrons. The van der Waals surface area contributed by atoms with Crippen LogP contribution in [0.1, 0.15) is 31.2 Å². The Morgan fingerprint density at radius 2 is 2.12 bits per heavy atom. The minimum absolute atomic E-state index is 0.00563. The molecule has 1 aliphatic carbocycles. The number of ether oxygens (including phenoxy) is 1. The highest BCUT2D eigenvalue weighted by Crippen LogP contribution is 2.27. The lowest BCUT2D eigenvalue weighted by molar-refractivity contribution is 0.252. The number of amidine groups is 1. The van der Waals surface area contributed by atoms with Gasteiger partial charge in [0.25, 0.3) is 0 Å². The molecular formula is C13H17ClN2O. The normalized spacial score (nSPS) is 16.1. The molecule has 17 heavy (non-hydrogen) atoms. The number of nitrogen functional groups attached to an aromatic ring is 1. The fraction of sp³-hybridized carbons (Fsp3) is 0.462. The number of hydrogen-bond donors (Lipinski definition) is 2. The Kier molecular flexibility index (Phi) is 3.89. The summed E-state index contributed by atoms with van der Waals surface area (Å²) >= 11 is 5.88. The van der Waals surface area contributed by atoms with Crippen molar-refractivity contribution in [3.8, 4) is 5.75 Å². The van der Waals surface area contributed by atoms with E-state index in [1.54, 1.807) is 18.2 Å². The first-order valence-electron chi connectivity index (χ1n) is 5.93. The maximum absolute atomic E-state index is 7.50. The monoisotopic (exact) mass is 252 g/mol. The van der Waals surface area contributed by atoms with Crippen LogP contribution in [0.3, 0.4) is 0 Å². The van der Waals surface area contributed by atoms with E-state index < -0.39 is 0 Å². The summed E-state index contributed by atoms with van der Waals surface area (Å²) in [4.78, 5) is 0. The predicted octanol–water partition coefficient (Wildman–Crippen LogP) is 3.19. The zero-order valence-corrected chi connectivity index (χ0v) is 10.5. The van der Waals surface area contributed by atoms with Gasteiger partial charge in [0.15, 0.2) is 0 Å². The molecule has 0 saturated heterocycles. The molecule has 0 atom stereocenters. The third-order valence-electron chi connectivity index (χ3n) is 3.18. The number of nitrogens with two attached hydrogens (primary N) is 1. The summed E-state index contributed by atoms with van der Waals surface area (Å²) in [5.74, 6) is 1.30. The molecule has 1 aliphatic rings.